The first kappa shape index (κ1) is 24.5. The molecule has 0 atom stereocenters. The van der Waals surface area contributed by atoms with Gasteiger partial charge in [-0.3, -0.25) is 4.79 Å². The second kappa shape index (κ2) is 11.1. The fraction of sp³-hybridized carbons (Fsp3) is 0.208. The molecule has 1 heterocycles. The molecule has 0 spiro atoms. The van der Waals surface area contributed by atoms with Gasteiger partial charge in [-0.15, -0.1) is 0 Å². The minimum atomic E-state index is -0.378. The molecule has 1 aromatic heterocycles. The third kappa shape index (κ3) is 6.66. The standard InChI is InChI=1S/C24H28FN7O2/c1-5-23(34)28-18-14-19(21(33)15-20(18)32(4)12-11-31(2)3)29-24-26-10-9-22(30-24)27-17-8-6-7-16(25)13-17/h5-10,13-15,33H,1,11-12H2,2-4H3,(H,28,34)(H2,26,27,29,30). The number of anilines is 6. The van der Waals surface area contributed by atoms with Crippen molar-refractivity contribution >= 4 is 40.4 Å². The van der Waals surface area contributed by atoms with E-state index in [2.05, 4.69) is 32.5 Å². The van der Waals surface area contributed by atoms with E-state index in [-0.39, 0.29) is 23.4 Å². The molecule has 178 valence electrons. The molecule has 34 heavy (non-hydrogen) atoms. The zero-order valence-corrected chi connectivity index (χ0v) is 19.3. The van der Waals surface area contributed by atoms with E-state index in [4.69, 9.17) is 0 Å². The largest absolute Gasteiger partial charge is 0.506 e. The molecule has 10 heteroatoms. The van der Waals surface area contributed by atoms with Crippen molar-refractivity contribution in [3.05, 3.63) is 67.1 Å². The molecule has 0 aliphatic carbocycles. The highest BCUT2D eigenvalue weighted by molar-refractivity contribution is 6.02. The predicted octanol–water partition coefficient (Wildman–Crippen LogP) is 3.93. The van der Waals surface area contributed by atoms with E-state index in [1.165, 1.54) is 24.4 Å². The molecule has 0 saturated heterocycles. The zero-order chi connectivity index (χ0) is 24.7. The van der Waals surface area contributed by atoms with Gasteiger partial charge in [0, 0.05) is 38.1 Å². The van der Waals surface area contributed by atoms with Gasteiger partial charge in [0.25, 0.3) is 0 Å². The summed E-state index contributed by atoms with van der Waals surface area (Å²) in [5, 5.41) is 19.4. The number of hydrogen-bond donors (Lipinski definition) is 4. The van der Waals surface area contributed by atoms with Crippen LogP contribution in [0.2, 0.25) is 0 Å². The van der Waals surface area contributed by atoms with Crippen LogP contribution in [-0.4, -0.2) is 60.1 Å². The van der Waals surface area contributed by atoms with Crippen LogP contribution in [0.4, 0.5) is 38.9 Å². The van der Waals surface area contributed by atoms with Crippen LogP contribution in [0.5, 0.6) is 5.75 Å². The van der Waals surface area contributed by atoms with E-state index >= 15 is 0 Å². The minimum Gasteiger partial charge on any atom is -0.506 e. The second-order valence-corrected chi connectivity index (χ2v) is 7.83. The predicted molar refractivity (Wildman–Crippen MR) is 134 cm³/mol. The quantitative estimate of drug-likeness (QED) is 0.203. The van der Waals surface area contributed by atoms with Crippen LogP contribution in [0.15, 0.2) is 61.3 Å². The van der Waals surface area contributed by atoms with Crippen molar-refractivity contribution in [2.24, 2.45) is 0 Å². The molecule has 3 rings (SSSR count). The van der Waals surface area contributed by atoms with Crippen molar-refractivity contribution in [3.8, 4) is 5.75 Å². The Balaban J connectivity index is 1.87. The highest BCUT2D eigenvalue weighted by atomic mass is 19.1. The van der Waals surface area contributed by atoms with Crippen LogP contribution in [0.3, 0.4) is 0 Å². The summed E-state index contributed by atoms with van der Waals surface area (Å²) < 4.78 is 13.5. The molecule has 0 radical (unpaired) electrons. The number of phenolic OH excluding ortho intramolecular Hbond substituents is 1. The first-order chi connectivity index (χ1) is 16.2. The number of hydrogen-bond acceptors (Lipinski definition) is 8. The fourth-order valence-corrected chi connectivity index (χ4v) is 3.07. The molecule has 0 aliphatic heterocycles. The molecular weight excluding hydrogens is 437 g/mol. The van der Waals surface area contributed by atoms with Gasteiger partial charge in [-0.25, -0.2) is 9.37 Å². The van der Waals surface area contributed by atoms with Gasteiger partial charge in [0.1, 0.15) is 17.4 Å². The molecule has 0 unspecified atom stereocenters. The third-order valence-corrected chi connectivity index (χ3v) is 4.85. The van der Waals surface area contributed by atoms with Gasteiger partial charge in [0.2, 0.25) is 11.9 Å². The molecule has 0 saturated carbocycles. The molecule has 0 fully saturated rings. The van der Waals surface area contributed by atoms with E-state index in [0.717, 1.165) is 6.54 Å². The summed E-state index contributed by atoms with van der Waals surface area (Å²) in [6.07, 6.45) is 2.70. The van der Waals surface area contributed by atoms with Crippen molar-refractivity contribution < 1.29 is 14.3 Å². The Morgan fingerprint density at radius 3 is 2.62 bits per heavy atom. The zero-order valence-electron chi connectivity index (χ0n) is 19.3. The van der Waals surface area contributed by atoms with Gasteiger partial charge in [0.05, 0.1) is 17.1 Å². The van der Waals surface area contributed by atoms with Crippen LogP contribution in [0.25, 0.3) is 0 Å². The van der Waals surface area contributed by atoms with Crippen molar-refractivity contribution in [1.29, 1.82) is 0 Å². The number of carbonyl (C=O) groups excluding carboxylic acids is 1. The lowest BCUT2D eigenvalue weighted by Crippen LogP contribution is -2.29. The van der Waals surface area contributed by atoms with E-state index in [9.17, 15) is 14.3 Å². The highest BCUT2D eigenvalue weighted by Crippen LogP contribution is 2.37. The number of benzene rings is 2. The maximum Gasteiger partial charge on any atom is 0.247 e. The molecule has 9 nitrogen and oxygen atoms in total. The summed E-state index contributed by atoms with van der Waals surface area (Å²) in [6.45, 7) is 4.96. The minimum absolute atomic E-state index is 0.0459. The maximum atomic E-state index is 13.5. The fourth-order valence-electron chi connectivity index (χ4n) is 3.07. The number of likely N-dealkylation sites (N-methyl/N-ethyl adjacent to an activating group) is 2. The Bertz CT molecular complexity index is 1170. The molecule has 0 bridgehead atoms. The van der Waals surface area contributed by atoms with E-state index in [0.29, 0.717) is 35.1 Å². The summed E-state index contributed by atoms with van der Waals surface area (Å²) in [4.78, 5) is 24.5. The number of halogens is 1. The van der Waals surface area contributed by atoms with Crippen LogP contribution in [0, 0.1) is 5.82 Å². The van der Waals surface area contributed by atoms with Crippen molar-refractivity contribution in [3.63, 3.8) is 0 Å². The second-order valence-electron chi connectivity index (χ2n) is 7.83. The summed E-state index contributed by atoms with van der Waals surface area (Å²) >= 11 is 0. The summed E-state index contributed by atoms with van der Waals surface area (Å²) in [7, 11) is 5.81. The molecular formula is C24H28FN7O2. The van der Waals surface area contributed by atoms with E-state index < -0.39 is 0 Å². The van der Waals surface area contributed by atoms with Gasteiger partial charge >= 0.3 is 0 Å². The van der Waals surface area contributed by atoms with Crippen molar-refractivity contribution in [2.45, 2.75) is 0 Å². The van der Waals surface area contributed by atoms with Gasteiger partial charge in [-0.2, -0.15) is 4.98 Å². The number of amides is 1. The Morgan fingerprint density at radius 1 is 1.12 bits per heavy atom. The van der Waals surface area contributed by atoms with Crippen LogP contribution in [0.1, 0.15) is 0 Å². The van der Waals surface area contributed by atoms with Crippen LogP contribution >= 0.6 is 0 Å². The maximum absolute atomic E-state index is 13.5. The number of aromatic hydroxyl groups is 1. The number of aromatic nitrogens is 2. The molecule has 4 N–H and O–H groups in total. The Hall–Kier alpha value is -4.18. The molecule has 0 aliphatic rings. The van der Waals surface area contributed by atoms with Crippen molar-refractivity contribution in [1.82, 2.24) is 14.9 Å². The smallest absolute Gasteiger partial charge is 0.247 e. The third-order valence-electron chi connectivity index (χ3n) is 4.85. The van der Waals surface area contributed by atoms with Gasteiger partial charge in [0.15, 0.2) is 0 Å². The summed E-state index contributed by atoms with van der Waals surface area (Å²) in [5.41, 5.74) is 1.96. The summed E-state index contributed by atoms with van der Waals surface area (Å²) in [5.74, 6) is -0.159. The van der Waals surface area contributed by atoms with Crippen LogP contribution in [-0.2, 0) is 4.79 Å². The Labute approximate surface area is 198 Å². The average Bonchev–Trinajstić information content (AvgIpc) is 2.79. The Kier molecular flexibility index (Phi) is 7.99. The van der Waals surface area contributed by atoms with Crippen LogP contribution < -0.4 is 20.9 Å². The average molecular weight is 466 g/mol. The molecule has 1 amide bonds. The highest BCUT2D eigenvalue weighted by Gasteiger charge is 2.15. The topological polar surface area (TPSA) is 106 Å². The first-order valence-electron chi connectivity index (χ1n) is 10.5. The van der Waals surface area contributed by atoms with E-state index in [1.54, 1.807) is 30.3 Å². The molecule has 2 aromatic carbocycles. The lowest BCUT2D eigenvalue weighted by atomic mass is 10.2. The Morgan fingerprint density at radius 2 is 1.91 bits per heavy atom. The SMILES string of the molecule is C=CC(=O)Nc1cc(Nc2nccc(Nc3cccc(F)c3)n2)c(O)cc1N(C)CCN(C)C. The monoisotopic (exact) mass is 465 g/mol. The number of nitrogens with zero attached hydrogens (tertiary/aromatic N) is 4. The molecule has 3 aromatic rings. The van der Waals surface area contributed by atoms with Gasteiger partial charge in [-0.05, 0) is 50.5 Å². The van der Waals surface area contributed by atoms with Gasteiger partial charge in [-0.1, -0.05) is 12.6 Å². The number of rotatable bonds is 10. The number of phenols is 1. The van der Waals surface area contributed by atoms with Gasteiger partial charge < -0.3 is 30.9 Å². The van der Waals surface area contributed by atoms with Crippen molar-refractivity contribution in [2.75, 3.05) is 55.1 Å². The van der Waals surface area contributed by atoms with E-state index in [1.807, 2.05) is 30.9 Å². The lowest BCUT2D eigenvalue weighted by Gasteiger charge is -2.25. The first-order valence-corrected chi connectivity index (χ1v) is 10.5. The number of carbonyl (C=O) groups is 1. The lowest BCUT2D eigenvalue weighted by molar-refractivity contribution is -0.111. The summed E-state index contributed by atoms with van der Waals surface area (Å²) in [6, 6.07) is 10.8. The normalized spacial score (nSPS) is 10.6. The number of nitrogens with one attached hydrogen (secondary N) is 3.